The third-order valence-corrected chi connectivity index (χ3v) is 5.05. The summed E-state index contributed by atoms with van der Waals surface area (Å²) in [7, 11) is 0. The number of nitrogens with one attached hydrogen (secondary N) is 1. The van der Waals surface area contributed by atoms with Crippen molar-refractivity contribution >= 4 is 22.6 Å². The van der Waals surface area contributed by atoms with Crippen molar-refractivity contribution in [2.24, 2.45) is 5.92 Å². The zero-order valence-corrected chi connectivity index (χ0v) is 15.8. The SMILES string of the molecule is O=C(NCCn1ncc2ccccc2c1=O)[C@H]1CC(=O)N(Cc2ccccn2)C1. The Hall–Kier alpha value is -3.55. The molecule has 1 atom stereocenters. The standard InChI is InChI=1S/C21H21N5O3/c27-19-11-16(13-25(19)14-17-6-3-4-8-22-17)20(28)23-9-10-26-21(29)18-7-2-1-5-15(18)12-24-26/h1-8,12,16H,9-11,13-14H2,(H,23,28)/t16-/m0/s1. The Bertz CT molecular complexity index is 1100. The van der Waals surface area contributed by atoms with Crippen molar-refractivity contribution in [2.45, 2.75) is 19.5 Å². The Morgan fingerprint density at radius 2 is 1.97 bits per heavy atom. The molecule has 4 rings (SSSR count). The van der Waals surface area contributed by atoms with Crippen LogP contribution in [0, 0.1) is 5.92 Å². The van der Waals surface area contributed by atoms with Crippen LogP contribution in [0.5, 0.6) is 0 Å². The van der Waals surface area contributed by atoms with E-state index in [2.05, 4.69) is 15.4 Å². The number of aromatic nitrogens is 3. The van der Waals surface area contributed by atoms with E-state index < -0.39 is 5.92 Å². The summed E-state index contributed by atoms with van der Waals surface area (Å²) in [6, 6.07) is 12.8. The van der Waals surface area contributed by atoms with Crippen LogP contribution in [0.3, 0.4) is 0 Å². The maximum Gasteiger partial charge on any atom is 0.274 e. The van der Waals surface area contributed by atoms with E-state index in [1.54, 1.807) is 23.4 Å². The van der Waals surface area contributed by atoms with Gasteiger partial charge in [0.1, 0.15) is 0 Å². The normalized spacial score (nSPS) is 16.3. The van der Waals surface area contributed by atoms with Gasteiger partial charge in [-0.2, -0.15) is 5.10 Å². The molecule has 3 heterocycles. The number of carbonyl (C=O) groups is 2. The smallest absolute Gasteiger partial charge is 0.274 e. The maximum atomic E-state index is 12.5. The average molecular weight is 391 g/mol. The topological polar surface area (TPSA) is 97.2 Å². The lowest BCUT2D eigenvalue weighted by atomic mass is 10.1. The lowest BCUT2D eigenvalue weighted by Crippen LogP contribution is -2.36. The molecule has 148 valence electrons. The van der Waals surface area contributed by atoms with Crippen LogP contribution >= 0.6 is 0 Å². The van der Waals surface area contributed by atoms with Gasteiger partial charge in [0, 0.05) is 31.1 Å². The van der Waals surface area contributed by atoms with Gasteiger partial charge in [-0.1, -0.05) is 24.3 Å². The minimum absolute atomic E-state index is 0.0526. The molecule has 1 aliphatic rings. The van der Waals surface area contributed by atoms with Gasteiger partial charge < -0.3 is 10.2 Å². The summed E-state index contributed by atoms with van der Waals surface area (Å²) in [6.45, 7) is 1.32. The molecule has 8 nitrogen and oxygen atoms in total. The molecule has 1 saturated heterocycles. The summed E-state index contributed by atoms with van der Waals surface area (Å²) in [6.07, 6.45) is 3.51. The van der Waals surface area contributed by atoms with Crippen LogP contribution in [0.4, 0.5) is 0 Å². The van der Waals surface area contributed by atoms with Crippen molar-refractivity contribution in [3.63, 3.8) is 0 Å². The van der Waals surface area contributed by atoms with Crippen molar-refractivity contribution < 1.29 is 9.59 Å². The summed E-state index contributed by atoms with van der Waals surface area (Å²) in [5.74, 6) is -0.633. The number of carbonyl (C=O) groups excluding carboxylic acids is 2. The first-order valence-corrected chi connectivity index (χ1v) is 9.52. The van der Waals surface area contributed by atoms with Crippen LogP contribution in [0.25, 0.3) is 10.8 Å². The molecule has 3 aromatic rings. The number of hydrogen-bond acceptors (Lipinski definition) is 5. The van der Waals surface area contributed by atoms with Gasteiger partial charge in [-0.15, -0.1) is 0 Å². The quantitative estimate of drug-likeness (QED) is 0.675. The lowest BCUT2D eigenvalue weighted by molar-refractivity contribution is -0.129. The number of hydrogen-bond donors (Lipinski definition) is 1. The molecule has 1 N–H and O–H groups in total. The van der Waals surface area contributed by atoms with E-state index in [9.17, 15) is 14.4 Å². The minimum Gasteiger partial charge on any atom is -0.354 e. The lowest BCUT2D eigenvalue weighted by Gasteiger charge is -2.16. The third kappa shape index (κ3) is 4.16. The second-order valence-corrected chi connectivity index (χ2v) is 7.05. The van der Waals surface area contributed by atoms with E-state index >= 15 is 0 Å². The van der Waals surface area contributed by atoms with Crippen LogP contribution in [-0.4, -0.2) is 44.6 Å². The zero-order chi connectivity index (χ0) is 20.2. The van der Waals surface area contributed by atoms with Crippen molar-refractivity contribution in [2.75, 3.05) is 13.1 Å². The van der Waals surface area contributed by atoms with Crippen molar-refractivity contribution in [3.05, 3.63) is 70.9 Å². The number of likely N-dealkylation sites (tertiary alicyclic amines) is 1. The molecule has 2 amide bonds. The predicted octanol–water partition coefficient (Wildman–Crippen LogP) is 0.956. The molecular weight excluding hydrogens is 370 g/mol. The summed E-state index contributed by atoms with van der Waals surface area (Å²) in [5.41, 5.74) is 0.610. The van der Waals surface area contributed by atoms with Gasteiger partial charge >= 0.3 is 0 Å². The molecular formula is C21H21N5O3. The van der Waals surface area contributed by atoms with Crippen molar-refractivity contribution in [3.8, 4) is 0 Å². The molecule has 1 aliphatic heterocycles. The van der Waals surface area contributed by atoms with E-state index in [-0.39, 0.29) is 36.9 Å². The Kier molecular flexibility index (Phi) is 5.33. The third-order valence-electron chi connectivity index (χ3n) is 5.05. The number of benzene rings is 1. The van der Waals surface area contributed by atoms with Crippen molar-refractivity contribution in [1.29, 1.82) is 0 Å². The molecule has 8 heteroatoms. The molecule has 29 heavy (non-hydrogen) atoms. The van der Waals surface area contributed by atoms with Crippen LogP contribution in [0.1, 0.15) is 12.1 Å². The Morgan fingerprint density at radius 1 is 1.14 bits per heavy atom. The maximum absolute atomic E-state index is 12.5. The fourth-order valence-corrected chi connectivity index (χ4v) is 3.50. The second kappa shape index (κ2) is 8.22. The van der Waals surface area contributed by atoms with Gasteiger partial charge in [-0.25, -0.2) is 4.68 Å². The molecule has 2 aromatic heterocycles. The number of rotatable bonds is 6. The Labute approximate surface area is 167 Å². The summed E-state index contributed by atoms with van der Waals surface area (Å²) >= 11 is 0. The van der Waals surface area contributed by atoms with Gasteiger partial charge in [0.05, 0.1) is 36.3 Å². The first-order chi connectivity index (χ1) is 14.1. The van der Waals surface area contributed by atoms with Crippen LogP contribution in [-0.2, 0) is 22.7 Å². The largest absolute Gasteiger partial charge is 0.354 e. The van der Waals surface area contributed by atoms with Crippen LogP contribution in [0.2, 0.25) is 0 Å². The highest BCUT2D eigenvalue weighted by Gasteiger charge is 2.34. The molecule has 0 radical (unpaired) electrons. The number of pyridine rings is 1. The summed E-state index contributed by atoms with van der Waals surface area (Å²) in [4.78, 5) is 43.0. The molecule has 0 aliphatic carbocycles. The highest BCUT2D eigenvalue weighted by Crippen LogP contribution is 2.19. The van der Waals surface area contributed by atoms with E-state index in [4.69, 9.17) is 0 Å². The zero-order valence-electron chi connectivity index (χ0n) is 15.8. The van der Waals surface area contributed by atoms with E-state index in [1.165, 1.54) is 4.68 Å². The van der Waals surface area contributed by atoms with Crippen LogP contribution < -0.4 is 10.9 Å². The van der Waals surface area contributed by atoms with Crippen LogP contribution in [0.15, 0.2) is 59.7 Å². The number of nitrogens with zero attached hydrogens (tertiary/aromatic N) is 4. The van der Waals surface area contributed by atoms with Crippen molar-refractivity contribution in [1.82, 2.24) is 25.0 Å². The monoisotopic (exact) mass is 391 g/mol. The van der Waals surface area contributed by atoms with Gasteiger partial charge in [-0.05, 0) is 18.2 Å². The summed E-state index contributed by atoms with van der Waals surface area (Å²) in [5, 5.41) is 8.36. The average Bonchev–Trinajstić information content (AvgIpc) is 3.11. The molecule has 0 bridgehead atoms. The highest BCUT2D eigenvalue weighted by molar-refractivity contribution is 5.89. The molecule has 0 saturated carbocycles. The number of amides is 2. The highest BCUT2D eigenvalue weighted by atomic mass is 16.2. The Morgan fingerprint density at radius 3 is 2.79 bits per heavy atom. The fourth-order valence-electron chi connectivity index (χ4n) is 3.50. The fraction of sp³-hybridized carbons (Fsp3) is 0.286. The van der Waals surface area contributed by atoms with E-state index in [1.807, 2.05) is 36.4 Å². The first kappa shape index (κ1) is 18.8. The van der Waals surface area contributed by atoms with Gasteiger partial charge in [0.25, 0.3) is 5.56 Å². The first-order valence-electron chi connectivity index (χ1n) is 9.52. The molecule has 1 fully saturated rings. The number of fused-ring (bicyclic) bond motifs is 1. The van der Waals surface area contributed by atoms with Gasteiger partial charge in [0.2, 0.25) is 11.8 Å². The Balaban J connectivity index is 1.32. The molecule has 0 spiro atoms. The summed E-state index contributed by atoms with van der Waals surface area (Å²) < 4.78 is 1.34. The predicted molar refractivity (Wildman–Crippen MR) is 107 cm³/mol. The van der Waals surface area contributed by atoms with E-state index in [0.29, 0.717) is 18.5 Å². The van der Waals surface area contributed by atoms with E-state index in [0.717, 1.165) is 11.1 Å². The van der Waals surface area contributed by atoms with Gasteiger partial charge in [-0.3, -0.25) is 19.4 Å². The van der Waals surface area contributed by atoms with Gasteiger partial charge in [0.15, 0.2) is 0 Å². The minimum atomic E-state index is -0.396. The molecule has 1 aromatic carbocycles. The molecule has 0 unspecified atom stereocenters. The second-order valence-electron chi connectivity index (χ2n) is 7.05.